The Labute approximate surface area is 99.8 Å². The number of ether oxygens (including phenoxy) is 2. The molecule has 17 heavy (non-hydrogen) atoms. The smallest absolute Gasteiger partial charge is 0.142 e. The van der Waals surface area contributed by atoms with Crippen LogP contribution < -0.4 is 14.8 Å². The molecule has 0 aliphatic rings. The zero-order valence-corrected chi connectivity index (χ0v) is 9.86. The van der Waals surface area contributed by atoms with Crippen molar-refractivity contribution in [2.75, 3.05) is 19.5 Å². The maximum absolute atomic E-state index is 5.27. The molecule has 0 aliphatic carbocycles. The van der Waals surface area contributed by atoms with E-state index in [9.17, 15) is 0 Å². The quantitative estimate of drug-likeness (QED) is 0.829. The number of H-pyrrole nitrogens is 1. The molecule has 0 unspecified atom stereocenters. The van der Waals surface area contributed by atoms with Gasteiger partial charge in [-0.15, -0.1) is 0 Å². The van der Waals surface area contributed by atoms with Crippen molar-refractivity contribution in [1.82, 2.24) is 10.2 Å². The Bertz CT molecular complexity index is 469. The van der Waals surface area contributed by atoms with Crippen LogP contribution >= 0.6 is 0 Å². The van der Waals surface area contributed by atoms with Crippen molar-refractivity contribution in [2.24, 2.45) is 0 Å². The molecule has 1 heterocycles. The maximum Gasteiger partial charge on any atom is 0.142 e. The standard InChI is InChI=1S/C12H15N3O2/c1-16-10-3-4-12(17-2)11(7-10)13-8-9-5-6-14-15-9/h3-7,13H,8H2,1-2H3,(H,14,15). The normalized spacial score (nSPS) is 10.0. The van der Waals surface area contributed by atoms with Gasteiger partial charge in [0.05, 0.1) is 32.1 Å². The summed E-state index contributed by atoms with van der Waals surface area (Å²) >= 11 is 0. The molecule has 0 radical (unpaired) electrons. The van der Waals surface area contributed by atoms with Crippen molar-refractivity contribution >= 4 is 5.69 Å². The van der Waals surface area contributed by atoms with Gasteiger partial charge < -0.3 is 14.8 Å². The Morgan fingerprint density at radius 3 is 2.76 bits per heavy atom. The van der Waals surface area contributed by atoms with Crippen LogP contribution in [-0.2, 0) is 6.54 Å². The molecule has 2 N–H and O–H groups in total. The van der Waals surface area contributed by atoms with Crippen LogP contribution in [0.15, 0.2) is 30.5 Å². The summed E-state index contributed by atoms with van der Waals surface area (Å²) in [7, 11) is 3.28. The third kappa shape index (κ3) is 2.69. The van der Waals surface area contributed by atoms with E-state index in [4.69, 9.17) is 9.47 Å². The van der Waals surface area contributed by atoms with Gasteiger partial charge in [0, 0.05) is 12.3 Å². The summed E-state index contributed by atoms with van der Waals surface area (Å²) in [6.45, 7) is 0.656. The number of hydrogen-bond acceptors (Lipinski definition) is 4. The van der Waals surface area contributed by atoms with Crippen LogP contribution in [0.4, 0.5) is 5.69 Å². The molecule has 0 saturated carbocycles. The van der Waals surface area contributed by atoms with Crippen LogP contribution in [0.1, 0.15) is 5.69 Å². The number of rotatable bonds is 5. The summed E-state index contributed by atoms with van der Waals surface area (Å²) in [6, 6.07) is 7.54. The van der Waals surface area contributed by atoms with Crippen LogP contribution in [-0.4, -0.2) is 24.4 Å². The number of benzene rings is 1. The lowest BCUT2D eigenvalue weighted by molar-refractivity contribution is 0.404. The number of anilines is 1. The second-order valence-electron chi connectivity index (χ2n) is 3.50. The first-order valence-corrected chi connectivity index (χ1v) is 5.27. The number of aromatic nitrogens is 2. The average Bonchev–Trinajstić information content (AvgIpc) is 2.89. The molecule has 0 amide bonds. The van der Waals surface area contributed by atoms with Crippen molar-refractivity contribution in [3.05, 3.63) is 36.2 Å². The third-order valence-corrected chi connectivity index (χ3v) is 2.43. The fourth-order valence-corrected chi connectivity index (χ4v) is 1.53. The molecule has 0 fully saturated rings. The van der Waals surface area contributed by atoms with Crippen LogP contribution in [0.5, 0.6) is 11.5 Å². The van der Waals surface area contributed by atoms with E-state index in [0.717, 1.165) is 22.9 Å². The van der Waals surface area contributed by atoms with Crippen molar-refractivity contribution in [1.29, 1.82) is 0 Å². The predicted octanol–water partition coefficient (Wildman–Crippen LogP) is 2.04. The summed E-state index contributed by atoms with van der Waals surface area (Å²) in [5, 5.41) is 10.0. The van der Waals surface area contributed by atoms with Gasteiger partial charge in [0.2, 0.25) is 0 Å². The van der Waals surface area contributed by atoms with Gasteiger partial charge in [-0.1, -0.05) is 0 Å². The largest absolute Gasteiger partial charge is 0.497 e. The Balaban J connectivity index is 2.12. The maximum atomic E-state index is 5.27. The highest BCUT2D eigenvalue weighted by Crippen LogP contribution is 2.29. The monoisotopic (exact) mass is 233 g/mol. The van der Waals surface area contributed by atoms with Gasteiger partial charge in [0.25, 0.3) is 0 Å². The lowest BCUT2D eigenvalue weighted by Gasteiger charge is -2.11. The fourth-order valence-electron chi connectivity index (χ4n) is 1.53. The number of nitrogens with one attached hydrogen (secondary N) is 2. The highest BCUT2D eigenvalue weighted by Gasteiger charge is 2.04. The van der Waals surface area contributed by atoms with Crippen LogP contribution in [0.3, 0.4) is 0 Å². The Kier molecular flexibility index (Phi) is 3.49. The van der Waals surface area contributed by atoms with E-state index in [2.05, 4.69) is 15.5 Å². The summed E-state index contributed by atoms with van der Waals surface area (Å²) in [6.07, 6.45) is 1.72. The van der Waals surface area contributed by atoms with Crippen molar-refractivity contribution in [3.8, 4) is 11.5 Å². The minimum absolute atomic E-state index is 0.656. The molecule has 0 spiro atoms. The van der Waals surface area contributed by atoms with Crippen LogP contribution in [0, 0.1) is 0 Å². The molecular weight excluding hydrogens is 218 g/mol. The molecule has 1 aromatic carbocycles. The van der Waals surface area contributed by atoms with Crippen LogP contribution in [0.2, 0.25) is 0 Å². The first-order chi connectivity index (χ1) is 8.33. The van der Waals surface area contributed by atoms with Gasteiger partial charge in [-0.25, -0.2) is 0 Å². The molecule has 0 saturated heterocycles. The summed E-state index contributed by atoms with van der Waals surface area (Å²) in [5.74, 6) is 1.57. The van der Waals surface area contributed by atoms with E-state index in [1.807, 2.05) is 24.3 Å². The average molecular weight is 233 g/mol. The first kappa shape index (κ1) is 11.3. The molecule has 0 atom stereocenters. The topological polar surface area (TPSA) is 59.2 Å². The Morgan fingerprint density at radius 1 is 1.24 bits per heavy atom. The van der Waals surface area contributed by atoms with E-state index < -0.39 is 0 Å². The summed E-state index contributed by atoms with van der Waals surface area (Å²) in [5.41, 5.74) is 1.90. The van der Waals surface area contributed by atoms with Gasteiger partial charge in [0.1, 0.15) is 11.5 Å². The Hall–Kier alpha value is -2.17. The molecule has 0 bridgehead atoms. The predicted molar refractivity (Wildman–Crippen MR) is 65.5 cm³/mol. The third-order valence-electron chi connectivity index (χ3n) is 2.43. The molecule has 2 aromatic rings. The van der Waals surface area contributed by atoms with E-state index in [1.54, 1.807) is 20.4 Å². The number of methoxy groups -OCH3 is 2. The molecule has 0 aliphatic heterocycles. The van der Waals surface area contributed by atoms with Crippen molar-refractivity contribution in [2.45, 2.75) is 6.54 Å². The number of hydrogen-bond donors (Lipinski definition) is 2. The molecule has 1 aromatic heterocycles. The van der Waals surface area contributed by atoms with E-state index in [0.29, 0.717) is 6.54 Å². The summed E-state index contributed by atoms with van der Waals surface area (Å²) < 4.78 is 10.4. The highest BCUT2D eigenvalue weighted by molar-refractivity contribution is 5.59. The van der Waals surface area contributed by atoms with Crippen LogP contribution in [0.25, 0.3) is 0 Å². The molecular formula is C12H15N3O2. The number of nitrogens with zero attached hydrogens (tertiary/aromatic N) is 1. The van der Waals surface area contributed by atoms with E-state index in [-0.39, 0.29) is 0 Å². The first-order valence-electron chi connectivity index (χ1n) is 5.27. The minimum Gasteiger partial charge on any atom is -0.497 e. The van der Waals surface area contributed by atoms with E-state index in [1.165, 1.54) is 0 Å². The van der Waals surface area contributed by atoms with Crippen molar-refractivity contribution in [3.63, 3.8) is 0 Å². The SMILES string of the molecule is COc1ccc(OC)c(NCc2ccn[nH]2)c1. The lowest BCUT2D eigenvalue weighted by atomic mass is 10.2. The van der Waals surface area contributed by atoms with Gasteiger partial charge in [-0.3, -0.25) is 5.10 Å². The van der Waals surface area contributed by atoms with Crippen molar-refractivity contribution < 1.29 is 9.47 Å². The lowest BCUT2D eigenvalue weighted by Crippen LogP contribution is -2.02. The van der Waals surface area contributed by atoms with Gasteiger partial charge in [-0.2, -0.15) is 5.10 Å². The zero-order valence-electron chi connectivity index (χ0n) is 9.86. The van der Waals surface area contributed by atoms with E-state index >= 15 is 0 Å². The van der Waals surface area contributed by atoms with Gasteiger partial charge >= 0.3 is 0 Å². The molecule has 5 heteroatoms. The fraction of sp³-hybridized carbons (Fsp3) is 0.250. The summed E-state index contributed by atoms with van der Waals surface area (Å²) in [4.78, 5) is 0. The van der Waals surface area contributed by atoms with Gasteiger partial charge in [-0.05, 0) is 18.2 Å². The second-order valence-corrected chi connectivity index (χ2v) is 3.50. The van der Waals surface area contributed by atoms with Gasteiger partial charge in [0.15, 0.2) is 0 Å². The zero-order chi connectivity index (χ0) is 12.1. The second kappa shape index (κ2) is 5.25. The number of aromatic amines is 1. The molecule has 90 valence electrons. The highest BCUT2D eigenvalue weighted by atomic mass is 16.5. The molecule has 2 rings (SSSR count). The minimum atomic E-state index is 0.656. The molecule has 5 nitrogen and oxygen atoms in total. The Morgan fingerprint density at radius 2 is 2.12 bits per heavy atom.